The molecule has 0 aromatic rings. The molecule has 2 rings (SSSR count). The Morgan fingerprint density at radius 3 is 1.77 bits per heavy atom. The first kappa shape index (κ1) is 42.1. The van der Waals surface area contributed by atoms with E-state index in [9.17, 15) is 40.5 Å². The van der Waals surface area contributed by atoms with Crippen molar-refractivity contribution in [3.05, 3.63) is 11.6 Å². The summed E-state index contributed by atoms with van der Waals surface area (Å²) in [4.78, 5) is 11.7. The van der Waals surface area contributed by atoms with E-state index < -0.39 is 54.9 Å². The number of aliphatic hydroxyl groups is 7. The molecular formula is C37H68O10. The second-order valence-electron chi connectivity index (χ2n) is 14.3. The Labute approximate surface area is 283 Å². The second kappa shape index (κ2) is 24.1. The van der Waals surface area contributed by atoms with Gasteiger partial charge in [-0.3, -0.25) is 0 Å². The van der Waals surface area contributed by atoms with Gasteiger partial charge in [0.25, 0.3) is 0 Å². The highest BCUT2D eigenvalue weighted by molar-refractivity contribution is 5.90. The number of cyclic esters (lactones) is 1. The van der Waals surface area contributed by atoms with Crippen LogP contribution in [-0.2, 0) is 14.3 Å². The summed E-state index contributed by atoms with van der Waals surface area (Å²) in [6, 6.07) is 0. The molecule has 0 amide bonds. The van der Waals surface area contributed by atoms with Gasteiger partial charge in [-0.05, 0) is 57.9 Å². The maximum absolute atomic E-state index is 11.7. The Hall–Kier alpha value is -1.11. The van der Waals surface area contributed by atoms with E-state index in [1.54, 1.807) is 13.0 Å². The summed E-state index contributed by atoms with van der Waals surface area (Å²) in [5, 5.41) is 73.0. The lowest BCUT2D eigenvalue weighted by Gasteiger charge is -2.24. The van der Waals surface area contributed by atoms with Crippen molar-refractivity contribution in [1.29, 1.82) is 0 Å². The van der Waals surface area contributed by atoms with Crippen LogP contribution in [0.3, 0.4) is 0 Å². The molecule has 0 aliphatic carbocycles. The first-order valence-corrected chi connectivity index (χ1v) is 18.8. The molecule has 10 atom stereocenters. The van der Waals surface area contributed by atoms with Crippen LogP contribution in [0.2, 0.25) is 0 Å². The van der Waals surface area contributed by atoms with Crippen molar-refractivity contribution in [1.82, 2.24) is 0 Å². The highest BCUT2D eigenvalue weighted by atomic mass is 16.5. The van der Waals surface area contributed by atoms with Crippen LogP contribution in [0.25, 0.3) is 0 Å². The van der Waals surface area contributed by atoms with Crippen LogP contribution in [0.1, 0.15) is 155 Å². The molecule has 2 aliphatic heterocycles. The number of esters is 1. The zero-order valence-corrected chi connectivity index (χ0v) is 29.3. The van der Waals surface area contributed by atoms with E-state index in [4.69, 9.17) is 9.47 Å². The third kappa shape index (κ3) is 17.9. The topological polar surface area (TPSA) is 177 Å². The standard InChI is InChI=1S/C37H68O10/c1-3-4-5-6-7-8-9-10-11-12-16-31(41)33(43)24-29(39)18-19-30(40)25-34(44)36-21-20-35(47-36)32(42)17-14-13-15-28(38)23-27-22-26(2)46-37(27)45/h22,26,28-36,38-44H,3-21,23-25H2,1-2H3/t26?,28?,29?,30?,31?,32-,33?,34+,35+,36+/m0/s1. The summed E-state index contributed by atoms with van der Waals surface area (Å²) in [6.45, 7) is 4.01. The second-order valence-corrected chi connectivity index (χ2v) is 14.3. The lowest BCUT2D eigenvalue weighted by atomic mass is 9.96. The maximum Gasteiger partial charge on any atom is 0.334 e. The molecule has 2 heterocycles. The summed E-state index contributed by atoms with van der Waals surface area (Å²) in [5.41, 5.74) is 0.513. The zero-order valence-electron chi connectivity index (χ0n) is 29.3. The van der Waals surface area contributed by atoms with Crippen LogP contribution >= 0.6 is 0 Å². The molecule has 10 nitrogen and oxygen atoms in total. The van der Waals surface area contributed by atoms with E-state index in [0.29, 0.717) is 50.5 Å². The number of carbonyl (C=O) groups is 1. The van der Waals surface area contributed by atoms with Gasteiger partial charge in [-0.2, -0.15) is 0 Å². The molecule has 0 spiro atoms. The average molecular weight is 673 g/mol. The lowest BCUT2D eigenvalue weighted by molar-refractivity contribution is -0.139. The average Bonchev–Trinajstić information content (AvgIpc) is 3.65. The van der Waals surface area contributed by atoms with Gasteiger partial charge < -0.3 is 45.2 Å². The van der Waals surface area contributed by atoms with Gasteiger partial charge in [0, 0.05) is 24.8 Å². The molecule has 47 heavy (non-hydrogen) atoms. The van der Waals surface area contributed by atoms with Gasteiger partial charge >= 0.3 is 5.97 Å². The number of aliphatic hydroxyl groups excluding tert-OH is 7. The summed E-state index contributed by atoms with van der Waals surface area (Å²) in [7, 11) is 0. The molecule has 0 aromatic carbocycles. The fourth-order valence-corrected chi connectivity index (χ4v) is 6.83. The van der Waals surface area contributed by atoms with Crippen molar-refractivity contribution in [2.75, 3.05) is 0 Å². The molecule has 0 aromatic heterocycles. The normalized spacial score (nSPS) is 24.4. The Kier molecular flexibility index (Phi) is 21.6. The largest absolute Gasteiger partial charge is 0.455 e. The smallest absolute Gasteiger partial charge is 0.334 e. The third-order valence-corrected chi connectivity index (χ3v) is 9.84. The molecule has 1 fully saturated rings. The van der Waals surface area contributed by atoms with Gasteiger partial charge in [-0.25, -0.2) is 4.79 Å². The van der Waals surface area contributed by atoms with Crippen molar-refractivity contribution in [2.24, 2.45) is 0 Å². The minimum absolute atomic E-state index is 0.0461. The predicted molar refractivity (Wildman–Crippen MR) is 182 cm³/mol. The summed E-state index contributed by atoms with van der Waals surface area (Å²) >= 11 is 0. The maximum atomic E-state index is 11.7. The van der Waals surface area contributed by atoms with Gasteiger partial charge in [0.1, 0.15) is 6.10 Å². The monoisotopic (exact) mass is 672 g/mol. The van der Waals surface area contributed by atoms with Gasteiger partial charge in [0.15, 0.2) is 0 Å². The highest BCUT2D eigenvalue weighted by Crippen LogP contribution is 2.29. The number of rotatable bonds is 28. The molecular weight excluding hydrogens is 604 g/mol. The van der Waals surface area contributed by atoms with Crippen LogP contribution in [-0.4, -0.2) is 103 Å². The van der Waals surface area contributed by atoms with Gasteiger partial charge in [0.05, 0.1) is 54.9 Å². The molecule has 0 radical (unpaired) electrons. The Balaban J connectivity index is 1.51. The zero-order chi connectivity index (χ0) is 34.6. The highest BCUT2D eigenvalue weighted by Gasteiger charge is 2.35. The summed E-state index contributed by atoms with van der Waals surface area (Å²) < 4.78 is 11.0. The Morgan fingerprint density at radius 1 is 0.638 bits per heavy atom. The minimum Gasteiger partial charge on any atom is -0.455 e. The number of hydrogen-bond acceptors (Lipinski definition) is 10. The van der Waals surface area contributed by atoms with Gasteiger partial charge in [-0.15, -0.1) is 0 Å². The molecule has 10 heteroatoms. The SMILES string of the molecule is CCCCCCCCCCCCC(O)C(O)CC(O)CCC(O)C[C@@H](O)[C@H]1CC[C@H]([C@@H](O)CCCCC(O)CC2=CC(C)OC2=O)O1. The van der Waals surface area contributed by atoms with Crippen LogP contribution in [0.4, 0.5) is 0 Å². The predicted octanol–water partition coefficient (Wildman–Crippen LogP) is 4.75. The molecule has 0 bridgehead atoms. The fourth-order valence-electron chi connectivity index (χ4n) is 6.83. The summed E-state index contributed by atoms with van der Waals surface area (Å²) in [5.74, 6) is -0.368. The van der Waals surface area contributed by atoms with Crippen molar-refractivity contribution in [3.63, 3.8) is 0 Å². The van der Waals surface area contributed by atoms with Crippen molar-refractivity contribution in [2.45, 2.75) is 216 Å². The van der Waals surface area contributed by atoms with E-state index in [0.717, 1.165) is 19.3 Å². The number of ether oxygens (including phenoxy) is 2. The van der Waals surface area contributed by atoms with E-state index in [1.807, 2.05) is 0 Å². The molecule has 0 saturated carbocycles. The van der Waals surface area contributed by atoms with Crippen LogP contribution in [0.5, 0.6) is 0 Å². The molecule has 6 unspecified atom stereocenters. The van der Waals surface area contributed by atoms with Crippen LogP contribution in [0, 0.1) is 0 Å². The first-order valence-electron chi connectivity index (χ1n) is 18.8. The first-order chi connectivity index (χ1) is 22.5. The van der Waals surface area contributed by atoms with Crippen molar-refractivity contribution < 1.29 is 50.0 Å². The van der Waals surface area contributed by atoms with Crippen molar-refractivity contribution >= 4 is 5.97 Å². The van der Waals surface area contributed by atoms with Crippen LogP contribution < -0.4 is 0 Å². The van der Waals surface area contributed by atoms with E-state index in [-0.39, 0.29) is 44.2 Å². The molecule has 7 N–H and O–H groups in total. The quantitative estimate of drug-likeness (QED) is 0.0453. The number of hydrogen-bond donors (Lipinski definition) is 7. The lowest BCUT2D eigenvalue weighted by Crippen LogP contribution is -2.33. The minimum atomic E-state index is -1.01. The van der Waals surface area contributed by atoms with Gasteiger partial charge in [-0.1, -0.05) is 84.0 Å². The fraction of sp³-hybridized carbons (Fsp3) is 0.919. The summed E-state index contributed by atoms with van der Waals surface area (Å²) in [6.07, 6.45) is 11.8. The number of carbonyl (C=O) groups excluding carboxylic acids is 1. The number of unbranched alkanes of at least 4 members (excludes halogenated alkanes) is 10. The van der Waals surface area contributed by atoms with E-state index in [1.165, 1.54) is 44.9 Å². The van der Waals surface area contributed by atoms with Crippen LogP contribution in [0.15, 0.2) is 11.6 Å². The van der Waals surface area contributed by atoms with E-state index in [2.05, 4.69) is 6.92 Å². The molecule has 2 aliphatic rings. The molecule has 1 saturated heterocycles. The third-order valence-electron chi connectivity index (χ3n) is 9.84. The Morgan fingerprint density at radius 2 is 1.17 bits per heavy atom. The van der Waals surface area contributed by atoms with E-state index >= 15 is 0 Å². The Bertz CT molecular complexity index is 853. The van der Waals surface area contributed by atoms with Gasteiger partial charge in [0.2, 0.25) is 0 Å². The molecule has 276 valence electrons. The van der Waals surface area contributed by atoms with Crippen molar-refractivity contribution in [3.8, 4) is 0 Å².